The van der Waals surface area contributed by atoms with E-state index in [4.69, 9.17) is 4.74 Å². The molecule has 0 saturated heterocycles. The second-order valence-corrected chi connectivity index (χ2v) is 6.42. The van der Waals surface area contributed by atoms with Crippen molar-refractivity contribution in [1.82, 2.24) is 4.98 Å². The molecule has 0 atom stereocenters. The number of nitrogens with one attached hydrogen (secondary N) is 1. The first-order chi connectivity index (χ1) is 12.1. The van der Waals surface area contributed by atoms with Crippen molar-refractivity contribution in [2.45, 2.75) is 6.54 Å². The number of hydrogen-bond acceptors (Lipinski definition) is 6. The van der Waals surface area contributed by atoms with Gasteiger partial charge in [-0.2, -0.15) is 5.26 Å². The Hall–Kier alpha value is -2.71. The van der Waals surface area contributed by atoms with Gasteiger partial charge in [0.15, 0.2) is 8.38 Å². The molecule has 2 aromatic carbocycles. The fourth-order valence-electron chi connectivity index (χ4n) is 2.57. The van der Waals surface area contributed by atoms with Crippen LogP contribution >= 0.6 is 8.38 Å². The Bertz CT molecular complexity index is 937. The van der Waals surface area contributed by atoms with Gasteiger partial charge in [0.1, 0.15) is 17.3 Å². The molecule has 6 nitrogen and oxygen atoms in total. The molecule has 0 bridgehead atoms. The quantitative estimate of drug-likeness (QED) is 0.610. The zero-order valence-corrected chi connectivity index (χ0v) is 14.4. The van der Waals surface area contributed by atoms with Gasteiger partial charge in [0.05, 0.1) is 18.4 Å². The minimum atomic E-state index is -2.08. The van der Waals surface area contributed by atoms with E-state index in [-0.39, 0.29) is 0 Å². The number of benzene rings is 2. The molecular weight excluding hydrogens is 337 g/mol. The Morgan fingerprint density at radius 3 is 2.60 bits per heavy atom. The lowest BCUT2D eigenvalue weighted by atomic mass is 10.1. The van der Waals surface area contributed by atoms with E-state index in [2.05, 4.69) is 16.4 Å². The van der Waals surface area contributed by atoms with Gasteiger partial charge in [-0.25, -0.2) is 0 Å². The van der Waals surface area contributed by atoms with E-state index in [0.29, 0.717) is 34.4 Å². The summed E-state index contributed by atoms with van der Waals surface area (Å²) < 4.78 is 5.34. The van der Waals surface area contributed by atoms with Crippen LogP contribution in [0.3, 0.4) is 0 Å². The van der Waals surface area contributed by atoms with Crippen LogP contribution in [0.4, 0.5) is 5.69 Å². The fraction of sp³-hybridized carbons (Fsp3) is 0.111. The minimum absolute atomic E-state index is 0.451. The van der Waals surface area contributed by atoms with Crippen LogP contribution < -0.4 is 15.4 Å². The van der Waals surface area contributed by atoms with Gasteiger partial charge < -0.3 is 19.8 Å². The highest BCUT2D eigenvalue weighted by Crippen LogP contribution is 2.31. The zero-order valence-electron chi connectivity index (χ0n) is 13.5. The molecule has 0 radical (unpaired) electrons. The van der Waals surface area contributed by atoms with Gasteiger partial charge in [-0.15, -0.1) is 0 Å². The van der Waals surface area contributed by atoms with Crippen molar-refractivity contribution in [3.63, 3.8) is 0 Å². The van der Waals surface area contributed by atoms with Crippen molar-refractivity contribution in [1.29, 1.82) is 5.26 Å². The van der Waals surface area contributed by atoms with E-state index in [0.717, 1.165) is 10.9 Å². The van der Waals surface area contributed by atoms with Gasteiger partial charge in [0.25, 0.3) is 0 Å². The van der Waals surface area contributed by atoms with E-state index >= 15 is 0 Å². The van der Waals surface area contributed by atoms with Crippen LogP contribution in [0.25, 0.3) is 10.9 Å². The summed E-state index contributed by atoms with van der Waals surface area (Å²) in [7, 11) is -0.500. The Labute approximate surface area is 146 Å². The summed E-state index contributed by atoms with van der Waals surface area (Å²) in [6, 6.07) is 14.7. The smallest absolute Gasteiger partial charge is 0.199 e. The van der Waals surface area contributed by atoms with Crippen molar-refractivity contribution < 1.29 is 14.5 Å². The highest BCUT2D eigenvalue weighted by Gasteiger charge is 2.12. The molecule has 0 saturated carbocycles. The normalized spacial score (nSPS) is 10.7. The van der Waals surface area contributed by atoms with E-state index < -0.39 is 8.38 Å². The number of para-hydroxylation sites is 1. The summed E-state index contributed by atoms with van der Waals surface area (Å²) in [6.07, 6.45) is 1.53. The van der Waals surface area contributed by atoms with Crippen LogP contribution in [-0.2, 0) is 6.54 Å². The predicted octanol–water partition coefficient (Wildman–Crippen LogP) is 2.65. The number of aromatic nitrogens is 1. The molecule has 126 valence electrons. The molecule has 0 aliphatic carbocycles. The molecule has 0 aliphatic rings. The van der Waals surface area contributed by atoms with Crippen LogP contribution in [-0.4, -0.2) is 21.9 Å². The monoisotopic (exact) mass is 353 g/mol. The van der Waals surface area contributed by atoms with Gasteiger partial charge in [-0.1, -0.05) is 24.3 Å². The first kappa shape index (κ1) is 17.1. The van der Waals surface area contributed by atoms with E-state index in [1.807, 2.05) is 30.3 Å². The summed E-state index contributed by atoms with van der Waals surface area (Å²) in [5, 5.41) is 14.0. The van der Waals surface area contributed by atoms with Gasteiger partial charge in [0.2, 0.25) is 0 Å². The van der Waals surface area contributed by atoms with Gasteiger partial charge in [-0.3, -0.25) is 4.98 Å². The van der Waals surface area contributed by atoms with Crippen molar-refractivity contribution in [2.75, 3.05) is 12.4 Å². The average Bonchev–Trinajstić information content (AvgIpc) is 2.65. The van der Waals surface area contributed by atoms with Gasteiger partial charge >= 0.3 is 0 Å². The number of methoxy groups -OCH3 is 1. The molecule has 0 spiro atoms. The third-order valence-corrected chi connectivity index (χ3v) is 4.60. The van der Waals surface area contributed by atoms with E-state index in [1.54, 1.807) is 19.2 Å². The molecule has 3 rings (SSSR count). The second kappa shape index (κ2) is 7.45. The average molecular weight is 353 g/mol. The van der Waals surface area contributed by atoms with Crippen molar-refractivity contribution in [3.05, 3.63) is 59.8 Å². The Morgan fingerprint density at radius 1 is 1.20 bits per heavy atom. The molecule has 0 amide bonds. The SMILES string of the molecule is COc1cccc2c(NCc3ccc(P(O)O)cc3)c(C#N)cnc12. The highest BCUT2D eigenvalue weighted by atomic mass is 31.2. The molecule has 0 aliphatic heterocycles. The lowest BCUT2D eigenvalue weighted by Crippen LogP contribution is -2.05. The molecule has 3 N–H and O–H groups in total. The number of pyridine rings is 1. The van der Waals surface area contributed by atoms with Crippen molar-refractivity contribution >= 4 is 30.3 Å². The minimum Gasteiger partial charge on any atom is -0.494 e. The maximum Gasteiger partial charge on any atom is 0.199 e. The number of fused-ring (bicyclic) bond motifs is 1. The summed E-state index contributed by atoms with van der Waals surface area (Å²) >= 11 is 0. The number of ether oxygens (including phenoxy) is 1. The van der Waals surface area contributed by atoms with Crippen LogP contribution in [0.15, 0.2) is 48.7 Å². The van der Waals surface area contributed by atoms with Crippen LogP contribution in [0.2, 0.25) is 0 Å². The van der Waals surface area contributed by atoms with Crippen molar-refractivity contribution in [3.8, 4) is 11.8 Å². The molecule has 0 unspecified atom stereocenters. The molecule has 1 heterocycles. The topological polar surface area (TPSA) is 98.4 Å². The molecule has 1 aromatic heterocycles. The maximum atomic E-state index is 9.38. The predicted molar refractivity (Wildman–Crippen MR) is 97.8 cm³/mol. The molecular formula is C18H16N3O3P. The number of nitrogens with zero attached hydrogens (tertiary/aromatic N) is 2. The summed E-state index contributed by atoms with van der Waals surface area (Å²) in [5.41, 5.74) is 2.79. The van der Waals surface area contributed by atoms with Gasteiger partial charge in [-0.05, 0) is 23.8 Å². The molecule has 3 aromatic rings. The molecule has 25 heavy (non-hydrogen) atoms. The summed E-state index contributed by atoms with van der Waals surface area (Å²) in [6.45, 7) is 0.486. The number of hydrogen-bond donors (Lipinski definition) is 3. The second-order valence-electron chi connectivity index (χ2n) is 5.32. The van der Waals surface area contributed by atoms with Crippen molar-refractivity contribution in [2.24, 2.45) is 0 Å². The number of anilines is 1. The standard InChI is InChI=1S/C18H16N3O3P/c1-24-16-4-2-3-15-17(13(9-19)11-21-18(15)16)20-10-12-5-7-14(8-6-12)25(22)23/h2-8,11,22-23H,10H2,1H3,(H,20,21). The summed E-state index contributed by atoms with van der Waals surface area (Å²) in [5.74, 6) is 0.647. The lowest BCUT2D eigenvalue weighted by Gasteiger charge is -2.13. The summed E-state index contributed by atoms with van der Waals surface area (Å²) in [4.78, 5) is 22.7. The van der Waals surface area contributed by atoms with Gasteiger partial charge in [0, 0.05) is 23.4 Å². The third kappa shape index (κ3) is 3.54. The maximum absolute atomic E-state index is 9.38. The number of rotatable bonds is 5. The number of nitriles is 1. The molecule has 7 heteroatoms. The first-order valence-electron chi connectivity index (χ1n) is 7.50. The Balaban J connectivity index is 1.93. The van der Waals surface area contributed by atoms with Crippen LogP contribution in [0.5, 0.6) is 5.75 Å². The van der Waals surface area contributed by atoms with E-state index in [9.17, 15) is 15.0 Å². The van der Waals surface area contributed by atoms with Crippen LogP contribution in [0.1, 0.15) is 11.1 Å². The lowest BCUT2D eigenvalue weighted by molar-refractivity contribution is 0.419. The third-order valence-electron chi connectivity index (χ3n) is 3.84. The van der Waals surface area contributed by atoms with Crippen LogP contribution in [0, 0.1) is 11.3 Å². The molecule has 0 fully saturated rings. The zero-order chi connectivity index (χ0) is 17.8. The highest BCUT2D eigenvalue weighted by molar-refractivity contribution is 7.54. The Kier molecular flexibility index (Phi) is 5.11. The van der Waals surface area contributed by atoms with E-state index in [1.165, 1.54) is 6.20 Å². The largest absolute Gasteiger partial charge is 0.494 e. The Morgan fingerprint density at radius 2 is 1.96 bits per heavy atom. The fourth-order valence-corrected chi connectivity index (χ4v) is 2.99. The first-order valence-corrected chi connectivity index (χ1v) is 8.75.